The molecule has 5 aromatic rings. The van der Waals surface area contributed by atoms with E-state index in [0.717, 1.165) is 80.5 Å². The first kappa shape index (κ1) is 40.1. The number of amides is 4. The molecule has 18 nitrogen and oxygen atoms in total. The number of nitrogens with zero attached hydrogens (tertiary/aromatic N) is 7. The van der Waals surface area contributed by atoms with Gasteiger partial charge in [0.25, 0.3) is 21.8 Å². The van der Waals surface area contributed by atoms with E-state index in [1.807, 2.05) is 30.5 Å². The molecule has 3 saturated heterocycles. The molecular formula is C42H45N9O9S. The van der Waals surface area contributed by atoms with Gasteiger partial charge >= 0.3 is 0 Å². The number of anilines is 3. The average molecular weight is 852 g/mol. The van der Waals surface area contributed by atoms with Crippen LogP contribution in [-0.2, 0) is 30.9 Å². The molecule has 0 spiro atoms. The van der Waals surface area contributed by atoms with Crippen molar-refractivity contribution in [2.24, 2.45) is 0 Å². The topological polar surface area (TPSA) is 202 Å². The van der Waals surface area contributed by atoms with Gasteiger partial charge in [-0.05, 0) is 79.4 Å². The number of carbonyl (C=O) groups is 4. The van der Waals surface area contributed by atoms with Crippen molar-refractivity contribution in [3.63, 3.8) is 0 Å². The zero-order valence-electron chi connectivity index (χ0n) is 33.5. The van der Waals surface area contributed by atoms with E-state index < -0.39 is 39.7 Å². The summed E-state index contributed by atoms with van der Waals surface area (Å²) in [5.41, 5.74) is 3.43. The Bertz CT molecular complexity index is 2600. The molecule has 3 aromatic carbocycles. The van der Waals surface area contributed by atoms with E-state index in [2.05, 4.69) is 35.0 Å². The van der Waals surface area contributed by atoms with E-state index >= 15 is 0 Å². The maximum absolute atomic E-state index is 13.7. The highest BCUT2D eigenvalue weighted by molar-refractivity contribution is 7.92. The molecule has 6 heterocycles. The van der Waals surface area contributed by atoms with Crippen LogP contribution in [0.15, 0.2) is 82.5 Å². The number of carbonyl (C=O) groups excluding carboxylic acids is 4. The van der Waals surface area contributed by atoms with Crippen molar-refractivity contribution in [2.45, 2.75) is 49.3 Å². The summed E-state index contributed by atoms with van der Waals surface area (Å²) < 4.78 is 49.1. The SMILES string of the molecule is COc1cc(Cn2cccn2)cc2onc(NS(=O)(=O)c3cccc(N4CCN(CCOC5CCN(c6ccc7c(c6)C(=O)N(C6CCC(=O)NC6=O)C7=O)CC5)CC4)c3)c12. The van der Waals surface area contributed by atoms with Crippen molar-refractivity contribution < 1.29 is 41.6 Å². The first-order chi connectivity index (χ1) is 29.5. The third-order valence-corrected chi connectivity index (χ3v) is 13.1. The van der Waals surface area contributed by atoms with E-state index in [1.165, 1.54) is 7.11 Å². The molecule has 9 rings (SSSR count). The second-order valence-corrected chi connectivity index (χ2v) is 17.3. The second kappa shape index (κ2) is 16.6. The molecule has 0 radical (unpaired) electrons. The monoisotopic (exact) mass is 851 g/mol. The fraction of sp³-hybridized carbons (Fsp3) is 0.381. The molecule has 1 unspecified atom stereocenters. The molecule has 19 heteroatoms. The Balaban J connectivity index is 0.738. The first-order valence-corrected chi connectivity index (χ1v) is 21.8. The number of aromatic nitrogens is 3. The van der Waals surface area contributed by atoms with Gasteiger partial charge in [0.1, 0.15) is 17.2 Å². The summed E-state index contributed by atoms with van der Waals surface area (Å²) in [6.45, 7) is 6.33. The van der Waals surface area contributed by atoms with Crippen LogP contribution in [0.3, 0.4) is 0 Å². The summed E-state index contributed by atoms with van der Waals surface area (Å²) in [5.74, 6) is -1.59. The number of benzene rings is 3. The van der Waals surface area contributed by atoms with Crippen molar-refractivity contribution in [1.29, 1.82) is 0 Å². The van der Waals surface area contributed by atoms with Crippen LogP contribution in [0.25, 0.3) is 11.0 Å². The molecule has 1 atom stereocenters. The van der Waals surface area contributed by atoms with Crippen molar-refractivity contribution >= 4 is 61.8 Å². The van der Waals surface area contributed by atoms with Gasteiger partial charge in [0.15, 0.2) is 11.4 Å². The molecule has 2 aromatic heterocycles. The summed E-state index contributed by atoms with van der Waals surface area (Å²) in [7, 11) is -2.52. The smallest absolute Gasteiger partial charge is 0.263 e. The lowest BCUT2D eigenvalue weighted by Gasteiger charge is -2.37. The van der Waals surface area contributed by atoms with Gasteiger partial charge in [-0.15, -0.1) is 0 Å². The number of piperazine rings is 1. The van der Waals surface area contributed by atoms with Crippen LogP contribution >= 0.6 is 0 Å². The fourth-order valence-corrected chi connectivity index (χ4v) is 9.59. The van der Waals surface area contributed by atoms with Gasteiger partial charge in [-0.1, -0.05) is 11.2 Å². The van der Waals surface area contributed by atoms with Gasteiger partial charge in [-0.25, -0.2) is 8.42 Å². The molecule has 4 amide bonds. The van der Waals surface area contributed by atoms with E-state index in [4.69, 9.17) is 14.0 Å². The third-order valence-electron chi connectivity index (χ3n) is 11.8. The van der Waals surface area contributed by atoms with Crippen LogP contribution in [0.5, 0.6) is 5.75 Å². The summed E-state index contributed by atoms with van der Waals surface area (Å²) >= 11 is 0. The summed E-state index contributed by atoms with van der Waals surface area (Å²) in [6, 6.07) is 16.5. The highest BCUT2D eigenvalue weighted by Gasteiger charge is 2.45. The van der Waals surface area contributed by atoms with Gasteiger partial charge in [-0.3, -0.25) is 43.7 Å². The van der Waals surface area contributed by atoms with Crippen LogP contribution < -0.4 is 24.6 Å². The Morgan fingerprint density at radius 3 is 2.39 bits per heavy atom. The number of imide groups is 2. The number of sulfonamides is 1. The largest absolute Gasteiger partial charge is 0.496 e. The number of methoxy groups -OCH3 is 1. The van der Waals surface area contributed by atoms with Crippen LogP contribution in [0, 0.1) is 0 Å². The molecule has 3 fully saturated rings. The van der Waals surface area contributed by atoms with Crippen molar-refractivity contribution in [3.05, 3.63) is 89.7 Å². The van der Waals surface area contributed by atoms with E-state index in [0.29, 0.717) is 29.9 Å². The molecule has 4 aliphatic rings. The maximum Gasteiger partial charge on any atom is 0.263 e. The highest BCUT2D eigenvalue weighted by Crippen LogP contribution is 2.36. The minimum absolute atomic E-state index is 0.0429. The minimum Gasteiger partial charge on any atom is -0.496 e. The second-order valence-electron chi connectivity index (χ2n) is 15.6. The summed E-state index contributed by atoms with van der Waals surface area (Å²) in [5, 5.41) is 10.9. The van der Waals surface area contributed by atoms with Gasteiger partial charge in [-0.2, -0.15) is 5.10 Å². The Morgan fingerprint density at radius 1 is 0.869 bits per heavy atom. The zero-order chi connectivity index (χ0) is 42.3. The van der Waals surface area contributed by atoms with Crippen molar-refractivity contribution in [1.82, 2.24) is 30.1 Å². The standard InChI is InChI=1S/C42H45N9O9S/c1-58-35-22-27(26-50-13-3-12-43-50)23-36-38(35)39(45-60-36)46-61(56,57)31-5-2-4-28(24-31)49-18-16-47(17-19-49)20-21-59-30-10-14-48(15-11-30)29-6-7-32-33(25-29)42(55)51(41(32)54)34-8-9-37(52)44-40(34)53/h2-7,12-13,22-25,30,34H,8-11,14-21,26H2,1H3,(H,45,46)(H,44,52,53). The molecule has 0 bridgehead atoms. The maximum atomic E-state index is 13.7. The van der Waals surface area contributed by atoms with Crippen LogP contribution in [0.1, 0.15) is 52.0 Å². The average Bonchev–Trinajstić information content (AvgIpc) is 3.99. The Hall–Kier alpha value is -6.31. The number of ether oxygens (including phenoxy) is 2. The van der Waals surface area contributed by atoms with Gasteiger partial charge in [0.2, 0.25) is 11.8 Å². The lowest BCUT2D eigenvalue weighted by Crippen LogP contribution is -2.54. The highest BCUT2D eigenvalue weighted by atomic mass is 32.2. The zero-order valence-corrected chi connectivity index (χ0v) is 34.3. The van der Waals surface area contributed by atoms with Crippen LogP contribution in [-0.4, -0.2) is 128 Å². The normalized spacial score (nSPS) is 19.2. The molecule has 318 valence electrons. The Kier molecular flexibility index (Phi) is 10.9. The van der Waals surface area contributed by atoms with E-state index in [-0.39, 0.29) is 40.8 Å². The summed E-state index contributed by atoms with van der Waals surface area (Å²) in [6.07, 6.45) is 5.44. The molecule has 0 saturated carbocycles. The number of fused-ring (bicyclic) bond motifs is 2. The minimum atomic E-state index is -4.03. The van der Waals surface area contributed by atoms with Gasteiger partial charge in [0, 0.05) is 76.0 Å². The molecule has 2 N–H and O–H groups in total. The van der Waals surface area contributed by atoms with E-state index in [1.54, 1.807) is 47.3 Å². The lowest BCUT2D eigenvalue weighted by atomic mass is 10.0. The number of hydrogen-bond acceptors (Lipinski definition) is 14. The molecule has 0 aliphatic carbocycles. The third kappa shape index (κ3) is 8.15. The quantitative estimate of drug-likeness (QED) is 0.164. The van der Waals surface area contributed by atoms with Crippen LogP contribution in [0.2, 0.25) is 0 Å². The first-order valence-electron chi connectivity index (χ1n) is 20.3. The number of hydrogen-bond donors (Lipinski definition) is 2. The summed E-state index contributed by atoms with van der Waals surface area (Å²) in [4.78, 5) is 58.2. The predicted octanol–water partition coefficient (Wildman–Crippen LogP) is 3.09. The number of rotatable bonds is 13. The fourth-order valence-electron chi connectivity index (χ4n) is 8.54. The molecule has 61 heavy (non-hydrogen) atoms. The van der Waals surface area contributed by atoms with Crippen molar-refractivity contribution in [2.75, 3.05) is 74.1 Å². The van der Waals surface area contributed by atoms with Gasteiger partial charge < -0.3 is 23.8 Å². The van der Waals surface area contributed by atoms with Crippen molar-refractivity contribution in [3.8, 4) is 5.75 Å². The van der Waals surface area contributed by atoms with E-state index in [9.17, 15) is 27.6 Å². The lowest BCUT2D eigenvalue weighted by molar-refractivity contribution is -0.136. The van der Waals surface area contributed by atoms with Gasteiger partial charge in [0.05, 0.1) is 42.4 Å². The number of piperidine rings is 2. The predicted molar refractivity (Wildman–Crippen MR) is 222 cm³/mol. The number of nitrogens with one attached hydrogen (secondary N) is 2. The Morgan fingerprint density at radius 2 is 1.64 bits per heavy atom. The molecular weight excluding hydrogens is 807 g/mol. The Labute approximate surface area is 351 Å². The van der Waals surface area contributed by atoms with Crippen LogP contribution in [0.4, 0.5) is 17.2 Å². The molecule has 4 aliphatic heterocycles.